The van der Waals surface area contributed by atoms with Gasteiger partial charge in [-0.15, -0.1) is 11.8 Å². The summed E-state index contributed by atoms with van der Waals surface area (Å²) in [5.41, 5.74) is 8.64. The second kappa shape index (κ2) is 20.9. The number of aliphatic carboxylic acids is 2. The van der Waals surface area contributed by atoms with Crippen molar-refractivity contribution in [2.45, 2.75) is 55.1 Å². The van der Waals surface area contributed by atoms with E-state index < -0.39 is 70.4 Å². The van der Waals surface area contributed by atoms with Crippen molar-refractivity contribution in [3.05, 3.63) is 0 Å². The SMILES string of the molecule is NC(CSCC(=O)CCCNC(=O)[C@@H](O)[C@H](O)[C@H](O)[C@@H](O)S(=O)CCCNC(=O)CSCC(N)C(=O)O)C(=O)O. The highest BCUT2D eigenvalue weighted by molar-refractivity contribution is 8.00. The van der Waals surface area contributed by atoms with Gasteiger partial charge in [-0.1, -0.05) is 0 Å². The second-order valence-electron chi connectivity index (χ2n) is 8.46. The van der Waals surface area contributed by atoms with Crippen molar-refractivity contribution < 1.29 is 58.8 Å². The molecule has 0 aromatic carbocycles. The fourth-order valence-corrected chi connectivity index (χ4v) is 5.51. The summed E-state index contributed by atoms with van der Waals surface area (Å²) in [7, 11) is -2.11. The van der Waals surface area contributed by atoms with Crippen molar-refractivity contribution in [2.75, 3.05) is 41.9 Å². The number of carbonyl (C=O) groups excluding carboxylic acids is 3. The monoisotopic (exact) mass is 634 g/mol. The third-order valence-corrected chi connectivity index (χ3v) is 8.70. The van der Waals surface area contributed by atoms with E-state index in [0.717, 1.165) is 23.5 Å². The fourth-order valence-electron chi connectivity index (χ4n) is 2.67. The molecule has 40 heavy (non-hydrogen) atoms. The molecule has 232 valence electrons. The molecule has 0 rings (SSSR count). The molecule has 0 aliphatic rings. The number of hydrogen-bond donors (Lipinski definition) is 10. The van der Waals surface area contributed by atoms with Gasteiger partial charge in [0.2, 0.25) is 5.91 Å². The number of ketones is 1. The third-order valence-electron chi connectivity index (χ3n) is 5.01. The van der Waals surface area contributed by atoms with Crippen LogP contribution in [0.1, 0.15) is 19.3 Å². The highest BCUT2D eigenvalue weighted by Gasteiger charge is 2.36. The molecule has 0 aromatic rings. The van der Waals surface area contributed by atoms with Crippen LogP contribution in [0.2, 0.25) is 0 Å². The van der Waals surface area contributed by atoms with Crippen LogP contribution in [0.15, 0.2) is 0 Å². The Bertz CT molecular complexity index is 801. The summed E-state index contributed by atoms with van der Waals surface area (Å²) in [4.78, 5) is 56.7. The van der Waals surface area contributed by atoms with Gasteiger partial charge in [-0.2, -0.15) is 11.8 Å². The van der Waals surface area contributed by atoms with Gasteiger partial charge in [0, 0.05) is 36.8 Å². The molecule has 0 saturated heterocycles. The second-order valence-corrected chi connectivity index (χ2v) is 12.2. The maximum Gasteiger partial charge on any atom is 0.321 e. The first-order valence-corrected chi connectivity index (χ1v) is 15.7. The van der Waals surface area contributed by atoms with Crippen molar-refractivity contribution in [2.24, 2.45) is 11.5 Å². The first-order chi connectivity index (χ1) is 18.7. The molecule has 7 atom stereocenters. The van der Waals surface area contributed by atoms with Gasteiger partial charge in [0.25, 0.3) is 5.91 Å². The van der Waals surface area contributed by atoms with Crippen LogP contribution in [-0.4, -0.2) is 142 Å². The molecule has 0 radical (unpaired) electrons. The lowest BCUT2D eigenvalue weighted by Gasteiger charge is -2.25. The summed E-state index contributed by atoms with van der Waals surface area (Å²) in [6.45, 7) is -0.00158. The Morgan fingerprint density at radius 1 is 0.775 bits per heavy atom. The Kier molecular flexibility index (Phi) is 20.0. The van der Waals surface area contributed by atoms with Gasteiger partial charge in [-0.3, -0.25) is 28.2 Å². The number of carbonyl (C=O) groups is 5. The summed E-state index contributed by atoms with van der Waals surface area (Å²) in [5.74, 6) is -4.19. The summed E-state index contributed by atoms with van der Waals surface area (Å²) in [6.07, 6.45) is -6.14. The number of nitrogens with one attached hydrogen (secondary N) is 2. The van der Waals surface area contributed by atoms with E-state index in [1.807, 2.05) is 0 Å². The minimum Gasteiger partial charge on any atom is -0.480 e. The van der Waals surface area contributed by atoms with Crippen LogP contribution in [0.25, 0.3) is 0 Å². The Labute approximate surface area is 241 Å². The van der Waals surface area contributed by atoms with Crippen LogP contribution in [-0.2, 0) is 34.8 Å². The average Bonchev–Trinajstić information content (AvgIpc) is 2.90. The number of hydrogen-bond acceptors (Lipinski definition) is 14. The molecule has 12 N–H and O–H groups in total. The van der Waals surface area contributed by atoms with E-state index in [0.29, 0.717) is 0 Å². The number of thioether (sulfide) groups is 2. The number of nitrogens with two attached hydrogens (primary N) is 2. The minimum atomic E-state index is -2.18. The van der Waals surface area contributed by atoms with Crippen LogP contribution in [0.4, 0.5) is 0 Å². The van der Waals surface area contributed by atoms with E-state index in [2.05, 4.69) is 10.6 Å². The largest absolute Gasteiger partial charge is 0.480 e. The van der Waals surface area contributed by atoms with Gasteiger partial charge in [-0.25, -0.2) is 0 Å². The number of carboxylic acid groups (broad SMARTS) is 2. The Morgan fingerprint density at radius 3 is 1.85 bits per heavy atom. The molecule has 2 amide bonds. The molecule has 0 aliphatic carbocycles. The van der Waals surface area contributed by atoms with Crippen LogP contribution < -0.4 is 22.1 Å². The van der Waals surface area contributed by atoms with Crippen molar-refractivity contribution in [1.29, 1.82) is 0 Å². The van der Waals surface area contributed by atoms with Gasteiger partial charge in [0.1, 0.15) is 30.1 Å². The van der Waals surface area contributed by atoms with Crippen LogP contribution in [0.3, 0.4) is 0 Å². The summed E-state index contributed by atoms with van der Waals surface area (Å²) in [6, 6.07) is -2.18. The molecule has 0 heterocycles. The number of carboxylic acids is 2. The maximum absolute atomic E-state index is 12.2. The molecule has 3 unspecified atom stereocenters. The van der Waals surface area contributed by atoms with Crippen molar-refractivity contribution in [3.63, 3.8) is 0 Å². The molecule has 0 aromatic heterocycles. The summed E-state index contributed by atoms with van der Waals surface area (Å²) in [5, 5.41) is 62.2. The maximum atomic E-state index is 12.2. The standard InChI is InChI=1S/C21H38N4O12S3/c22-12(19(32)33)8-38-7-11(26)3-1-4-25-18(31)16(29)15(28)17(30)21(36)40(37)6-2-5-24-14(27)10-39-9-13(23)20(34)35/h12-13,15-17,21,28-30,36H,1-10,22-23H2,(H,24,27)(H,25,31)(H,32,33)(H,34,35)/t12?,13?,15-,16-,17-,21-,40?/m0/s1. The first kappa shape index (κ1) is 38.2. The minimum absolute atomic E-state index is 0.0344. The molecule has 0 aliphatic heterocycles. The van der Waals surface area contributed by atoms with Crippen LogP contribution in [0.5, 0.6) is 0 Å². The number of aliphatic hydroxyl groups is 4. The normalized spacial score (nSPS) is 16.6. The molecule has 16 nitrogen and oxygen atoms in total. The van der Waals surface area contributed by atoms with E-state index in [-0.39, 0.29) is 66.9 Å². The van der Waals surface area contributed by atoms with Gasteiger partial charge >= 0.3 is 11.9 Å². The van der Waals surface area contributed by atoms with Crippen molar-refractivity contribution >= 4 is 63.9 Å². The third kappa shape index (κ3) is 16.4. The molecule has 0 spiro atoms. The van der Waals surface area contributed by atoms with Crippen molar-refractivity contribution in [3.8, 4) is 0 Å². The highest BCUT2D eigenvalue weighted by atomic mass is 32.2. The smallest absolute Gasteiger partial charge is 0.321 e. The number of Topliss-reactive ketones (excluding diaryl/α,β-unsaturated/α-hetero) is 1. The van der Waals surface area contributed by atoms with E-state index in [1.54, 1.807) is 0 Å². The fraction of sp³-hybridized carbons (Fsp3) is 0.762. The summed E-state index contributed by atoms with van der Waals surface area (Å²) >= 11 is 2.08. The zero-order chi connectivity index (χ0) is 30.8. The lowest BCUT2D eigenvalue weighted by molar-refractivity contribution is -0.143. The number of rotatable bonds is 23. The molecular formula is C21H38N4O12S3. The van der Waals surface area contributed by atoms with Gasteiger partial charge < -0.3 is 52.7 Å². The van der Waals surface area contributed by atoms with E-state index in [9.17, 15) is 48.6 Å². The van der Waals surface area contributed by atoms with Crippen molar-refractivity contribution in [1.82, 2.24) is 10.6 Å². The average molecular weight is 635 g/mol. The number of amides is 2. The zero-order valence-corrected chi connectivity index (χ0v) is 24.0. The topological polar surface area (TPSA) is 300 Å². The van der Waals surface area contributed by atoms with Crippen LogP contribution >= 0.6 is 23.5 Å². The first-order valence-electron chi connectivity index (χ1n) is 12.0. The Hall–Kier alpha value is -1.84. The van der Waals surface area contributed by atoms with Crippen LogP contribution in [0, 0.1) is 0 Å². The zero-order valence-electron chi connectivity index (χ0n) is 21.5. The molecule has 0 bridgehead atoms. The summed E-state index contributed by atoms with van der Waals surface area (Å²) < 4.78 is 12.2. The lowest BCUT2D eigenvalue weighted by atomic mass is 10.1. The van der Waals surface area contributed by atoms with E-state index >= 15 is 0 Å². The Balaban J connectivity index is 4.25. The quantitative estimate of drug-likeness (QED) is 0.0473. The Morgan fingerprint density at radius 2 is 1.30 bits per heavy atom. The van der Waals surface area contributed by atoms with E-state index in [1.165, 1.54) is 0 Å². The molecular weight excluding hydrogens is 596 g/mol. The molecule has 0 saturated carbocycles. The number of aliphatic hydroxyl groups excluding tert-OH is 4. The van der Waals surface area contributed by atoms with Gasteiger partial charge in [0.15, 0.2) is 11.5 Å². The molecule has 0 fully saturated rings. The highest BCUT2D eigenvalue weighted by Crippen LogP contribution is 2.10. The predicted octanol–water partition coefficient (Wildman–Crippen LogP) is -4.60. The van der Waals surface area contributed by atoms with Gasteiger partial charge in [0.05, 0.1) is 22.3 Å². The lowest BCUT2D eigenvalue weighted by Crippen LogP contribution is -2.52. The van der Waals surface area contributed by atoms with E-state index in [4.69, 9.17) is 21.7 Å². The predicted molar refractivity (Wildman–Crippen MR) is 148 cm³/mol. The van der Waals surface area contributed by atoms with Gasteiger partial charge in [-0.05, 0) is 12.8 Å². The molecule has 19 heteroatoms.